The topological polar surface area (TPSA) is 30.8 Å². The molecule has 0 fully saturated rings. The number of nitrogens with zero attached hydrogens (tertiary/aromatic N) is 1. The first-order valence-corrected chi connectivity index (χ1v) is 6.14. The summed E-state index contributed by atoms with van der Waals surface area (Å²) in [5.74, 6) is 1.57. The van der Waals surface area contributed by atoms with Crippen LogP contribution in [0.2, 0.25) is 0 Å². The molecule has 0 unspecified atom stereocenters. The van der Waals surface area contributed by atoms with Gasteiger partial charge in [-0.1, -0.05) is 0 Å². The Bertz CT molecular complexity index is 528. The van der Waals surface area contributed by atoms with Gasteiger partial charge in [0.05, 0.1) is 5.69 Å². The van der Waals surface area contributed by atoms with Crippen LogP contribution < -0.4 is 13.5 Å². The molecule has 0 amide bonds. The zero-order valence-electron chi connectivity index (χ0n) is 7.67. The molecule has 76 valence electrons. The Hall–Kier alpha value is -1.33. The molecule has 3 rings (SSSR count). The van der Waals surface area contributed by atoms with Gasteiger partial charge in [-0.25, -0.2) is 4.99 Å². The van der Waals surface area contributed by atoms with Gasteiger partial charge in [0.25, 0.3) is 0 Å². The summed E-state index contributed by atoms with van der Waals surface area (Å²) in [6.07, 6.45) is 0. The van der Waals surface area contributed by atoms with Gasteiger partial charge in [0.1, 0.15) is 0 Å². The van der Waals surface area contributed by atoms with E-state index in [4.69, 9.17) is 9.47 Å². The lowest BCUT2D eigenvalue weighted by molar-refractivity contribution is 0.174. The minimum Gasteiger partial charge on any atom is -0.454 e. The molecule has 2 heterocycles. The quantitative estimate of drug-likeness (QED) is 0.763. The van der Waals surface area contributed by atoms with E-state index in [2.05, 4.69) is 4.99 Å². The van der Waals surface area contributed by atoms with Crippen molar-refractivity contribution in [3.63, 3.8) is 0 Å². The summed E-state index contributed by atoms with van der Waals surface area (Å²) < 4.78 is 11.5. The van der Waals surface area contributed by atoms with E-state index in [1.807, 2.05) is 29.0 Å². The predicted molar refractivity (Wildman–Crippen MR) is 60.0 cm³/mol. The largest absolute Gasteiger partial charge is 0.454 e. The maximum Gasteiger partial charge on any atom is 0.231 e. The molecule has 2 aromatic rings. The first-order valence-electron chi connectivity index (χ1n) is 4.38. The standard InChI is InChI=1S/C10H7NO2S2/c1-2-8-9(13-6-12-8)5-7(1)11-10-14-3-4-15-10/h1-5H,6H2. The summed E-state index contributed by atoms with van der Waals surface area (Å²) in [5.41, 5.74) is 0.901. The van der Waals surface area contributed by atoms with Gasteiger partial charge in [-0.15, -0.1) is 22.7 Å². The second kappa shape index (κ2) is 3.67. The summed E-state index contributed by atoms with van der Waals surface area (Å²) >= 11 is 3.26. The fraction of sp³-hybridized carbons (Fsp3) is 0.100. The minimum absolute atomic E-state index is 0.306. The Labute approximate surface area is 94.3 Å². The Kier molecular flexibility index (Phi) is 2.19. The fourth-order valence-corrected chi connectivity index (χ4v) is 2.86. The molecule has 1 aliphatic rings. The van der Waals surface area contributed by atoms with Crippen molar-refractivity contribution in [3.05, 3.63) is 32.9 Å². The van der Waals surface area contributed by atoms with Crippen LogP contribution in [-0.2, 0) is 0 Å². The molecule has 0 atom stereocenters. The molecule has 0 spiro atoms. The molecule has 5 heteroatoms. The fourth-order valence-electron chi connectivity index (χ4n) is 1.31. The number of hydrogen-bond donors (Lipinski definition) is 0. The van der Waals surface area contributed by atoms with Crippen LogP contribution in [0.1, 0.15) is 0 Å². The second-order valence-electron chi connectivity index (χ2n) is 2.92. The molecule has 0 bridgehead atoms. The Morgan fingerprint density at radius 2 is 1.87 bits per heavy atom. The SMILES string of the molecule is c1csc(=Nc2ccc3c(c2)OCO3)s1. The van der Waals surface area contributed by atoms with Crippen molar-refractivity contribution in [1.29, 1.82) is 0 Å². The molecule has 3 nitrogen and oxygen atoms in total. The molecular weight excluding hydrogens is 230 g/mol. The molecule has 0 aliphatic carbocycles. The summed E-state index contributed by atoms with van der Waals surface area (Å²) in [7, 11) is 0. The molecule has 1 aromatic heterocycles. The number of hydrogen-bond acceptors (Lipinski definition) is 5. The highest BCUT2D eigenvalue weighted by Gasteiger charge is 2.12. The van der Waals surface area contributed by atoms with E-state index >= 15 is 0 Å². The molecule has 1 aliphatic heterocycles. The zero-order valence-corrected chi connectivity index (χ0v) is 9.31. The van der Waals surface area contributed by atoms with E-state index in [-0.39, 0.29) is 0 Å². The van der Waals surface area contributed by atoms with E-state index < -0.39 is 0 Å². The van der Waals surface area contributed by atoms with Crippen LogP contribution in [0.15, 0.2) is 34.0 Å². The average Bonchev–Trinajstić information content (AvgIpc) is 2.87. The average molecular weight is 237 g/mol. The van der Waals surface area contributed by atoms with Crippen LogP contribution in [0.4, 0.5) is 5.69 Å². The van der Waals surface area contributed by atoms with Gasteiger partial charge in [-0.2, -0.15) is 0 Å². The van der Waals surface area contributed by atoms with Crippen LogP contribution in [0.5, 0.6) is 11.5 Å². The van der Waals surface area contributed by atoms with Crippen molar-refractivity contribution in [2.45, 2.75) is 0 Å². The minimum atomic E-state index is 0.306. The smallest absolute Gasteiger partial charge is 0.231 e. The van der Waals surface area contributed by atoms with Crippen LogP contribution in [0.25, 0.3) is 0 Å². The van der Waals surface area contributed by atoms with Gasteiger partial charge in [0, 0.05) is 16.8 Å². The van der Waals surface area contributed by atoms with Crippen molar-refractivity contribution in [2.75, 3.05) is 6.79 Å². The third kappa shape index (κ3) is 1.75. The van der Waals surface area contributed by atoms with Crippen molar-refractivity contribution in [3.8, 4) is 11.5 Å². The number of benzene rings is 1. The Morgan fingerprint density at radius 3 is 2.73 bits per heavy atom. The maximum absolute atomic E-state index is 5.28. The van der Waals surface area contributed by atoms with Crippen molar-refractivity contribution < 1.29 is 9.47 Å². The van der Waals surface area contributed by atoms with E-state index in [0.717, 1.165) is 21.2 Å². The molecule has 15 heavy (non-hydrogen) atoms. The van der Waals surface area contributed by atoms with Crippen LogP contribution in [0, 0.1) is 0 Å². The predicted octanol–water partition coefficient (Wildman–Crippen LogP) is 2.77. The lowest BCUT2D eigenvalue weighted by Crippen LogP contribution is -1.92. The van der Waals surface area contributed by atoms with Crippen LogP contribution in [0.3, 0.4) is 0 Å². The first-order chi connectivity index (χ1) is 7.42. The molecular formula is C10H7NO2S2. The van der Waals surface area contributed by atoms with E-state index in [0.29, 0.717) is 6.79 Å². The first kappa shape index (κ1) is 8.94. The van der Waals surface area contributed by atoms with Gasteiger partial charge in [0.15, 0.2) is 15.5 Å². The highest BCUT2D eigenvalue weighted by Crippen LogP contribution is 2.34. The van der Waals surface area contributed by atoms with Gasteiger partial charge in [0.2, 0.25) is 6.79 Å². The van der Waals surface area contributed by atoms with E-state index in [1.165, 1.54) is 0 Å². The lowest BCUT2D eigenvalue weighted by atomic mass is 10.3. The second-order valence-corrected chi connectivity index (χ2v) is 4.97. The summed E-state index contributed by atoms with van der Waals surface area (Å²) in [6, 6.07) is 5.72. The molecule has 0 N–H and O–H groups in total. The number of fused-ring (bicyclic) bond motifs is 1. The van der Waals surface area contributed by atoms with Crippen molar-refractivity contribution >= 4 is 28.4 Å². The number of ether oxygens (including phenoxy) is 2. The highest BCUT2D eigenvalue weighted by molar-refractivity contribution is 7.24. The van der Waals surface area contributed by atoms with Crippen LogP contribution >= 0.6 is 22.7 Å². The Balaban J connectivity index is 2.04. The Morgan fingerprint density at radius 1 is 1.07 bits per heavy atom. The third-order valence-corrected chi connectivity index (χ3v) is 3.85. The van der Waals surface area contributed by atoms with Crippen molar-refractivity contribution in [1.82, 2.24) is 0 Å². The normalized spacial score (nSPS) is 12.8. The van der Waals surface area contributed by atoms with Crippen LogP contribution in [-0.4, -0.2) is 6.79 Å². The van der Waals surface area contributed by atoms with Gasteiger partial charge >= 0.3 is 0 Å². The molecule has 1 aromatic carbocycles. The summed E-state index contributed by atoms with van der Waals surface area (Å²) in [5, 5.41) is 4.05. The summed E-state index contributed by atoms with van der Waals surface area (Å²) in [4.78, 5) is 4.48. The van der Waals surface area contributed by atoms with Gasteiger partial charge in [-0.05, 0) is 12.1 Å². The van der Waals surface area contributed by atoms with E-state index in [1.54, 1.807) is 22.7 Å². The zero-order chi connectivity index (χ0) is 10.1. The van der Waals surface area contributed by atoms with Crippen molar-refractivity contribution in [2.24, 2.45) is 4.99 Å². The van der Waals surface area contributed by atoms with E-state index in [9.17, 15) is 0 Å². The third-order valence-electron chi connectivity index (χ3n) is 1.97. The maximum atomic E-state index is 5.28. The molecule has 0 radical (unpaired) electrons. The molecule has 0 saturated carbocycles. The monoisotopic (exact) mass is 237 g/mol. The van der Waals surface area contributed by atoms with Gasteiger partial charge in [-0.3, -0.25) is 0 Å². The molecule has 0 saturated heterocycles. The lowest BCUT2D eigenvalue weighted by Gasteiger charge is -1.95. The highest BCUT2D eigenvalue weighted by atomic mass is 32.2. The number of rotatable bonds is 1. The summed E-state index contributed by atoms with van der Waals surface area (Å²) in [6.45, 7) is 0.306. The van der Waals surface area contributed by atoms with Gasteiger partial charge < -0.3 is 9.47 Å².